The monoisotopic (exact) mass is 470 g/mol. The van der Waals surface area contributed by atoms with Crippen molar-refractivity contribution in [2.45, 2.75) is 38.0 Å². The fourth-order valence-electron chi connectivity index (χ4n) is 5.58. The summed E-state index contributed by atoms with van der Waals surface area (Å²) in [7, 11) is 0. The van der Waals surface area contributed by atoms with Gasteiger partial charge in [0.1, 0.15) is 18.0 Å². The Morgan fingerprint density at radius 1 is 1.17 bits per heavy atom. The Bertz CT molecular complexity index is 1380. The summed E-state index contributed by atoms with van der Waals surface area (Å²) in [6.07, 6.45) is 7.48. The minimum absolute atomic E-state index is 0.0899. The molecule has 1 atom stereocenters. The maximum Gasteiger partial charge on any atom is 0.226 e. The van der Waals surface area contributed by atoms with Crippen LogP contribution in [0.25, 0.3) is 11.0 Å². The summed E-state index contributed by atoms with van der Waals surface area (Å²) < 4.78 is 13.7. The smallest absolute Gasteiger partial charge is 0.226 e. The number of halogens is 1. The molecule has 0 radical (unpaired) electrons. The van der Waals surface area contributed by atoms with Gasteiger partial charge in [0.05, 0.1) is 17.0 Å². The van der Waals surface area contributed by atoms with Crippen molar-refractivity contribution in [3.8, 4) is 0 Å². The van der Waals surface area contributed by atoms with Gasteiger partial charge in [0.2, 0.25) is 5.91 Å². The Hall–Kier alpha value is -3.81. The summed E-state index contributed by atoms with van der Waals surface area (Å²) in [6, 6.07) is 15.0. The zero-order chi connectivity index (χ0) is 23.8. The standard InChI is InChI=1S/C27H27FN6O/c28-20-6-3-5-18(13-20)14-27(10-4-11-27)26(35)29-12-9-19-16-34(23-8-2-1-7-21(19)23)25-22-15-32-33-24(22)30-17-31-25/h1-3,5-8,13,15,17,19H,4,9-12,14,16H2,(H,29,35)(H,30,31,32,33). The van der Waals surface area contributed by atoms with Crippen LogP contribution in [-0.4, -0.2) is 39.2 Å². The molecule has 1 saturated carbocycles. The van der Waals surface area contributed by atoms with E-state index >= 15 is 0 Å². The summed E-state index contributed by atoms with van der Waals surface area (Å²) in [5.74, 6) is 0.945. The Morgan fingerprint density at radius 3 is 2.89 bits per heavy atom. The molecule has 2 aromatic heterocycles. The van der Waals surface area contributed by atoms with E-state index in [0.717, 1.165) is 54.7 Å². The SMILES string of the molecule is O=C(NCCC1CN(c2ncnc3[nH]ncc23)c2ccccc21)C1(Cc2cccc(F)c2)CCC1. The largest absolute Gasteiger partial charge is 0.356 e. The highest BCUT2D eigenvalue weighted by molar-refractivity contribution is 5.90. The van der Waals surface area contributed by atoms with E-state index in [1.165, 1.54) is 11.6 Å². The highest BCUT2D eigenvalue weighted by Gasteiger charge is 2.44. The number of nitrogens with zero attached hydrogens (tertiary/aromatic N) is 4. The number of fused-ring (bicyclic) bond motifs is 2. The molecule has 8 heteroatoms. The van der Waals surface area contributed by atoms with Crippen molar-refractivity contribution < 1.29 is 9.18 Å². The van der Waals surface area contributed by atoms with Crippen LogP contribution in [0.2, 0.25) is 0 Å². The number of para-hydroxylation sites is 1. The number of carbonyl (C=O) groups is 1. The summed E-state index contributed by atoms with van der Waals surface area (Å²) in [6.45, 7) is 1.38. The number of H-pyrrole nitrogens is 1. The zero-order valence-corrected chi connectivity index (χ0v) is 19.4. The van der Waals surface area contributed by atoms with Crippen LogP contribution in [0.5, 0.6) is 0 Å². The Balaban J connectivity index is 1.15. The van der Waals surface area contributed by atoms with Crippen LogP contribution in [0.3, 0.4) is 0 Å². The van der Waals surface area contributed by atoms with Gasteiger partial charge in [-0.3, -0.25) is 9.89 Å². The first-order valence-corrected chi connectivity index (χ1v) is 12.2. The van der Waals surface area contributed by atoms with Crippen LogP contribution < -0.4 is 10.2 Å². The predicted molar refractivity (Wildman–Crippen MR) is 132 cm³/mol. The first-order valence-electron chi connectivity index (χ1n) is 12.2. The van der Waals surface area contributed by atoms with Gasteiger partial charge in [-0.15, -0.1) is 0 Å². The fraction of sp³-hybridized carbons (Fsp3) is 0.333. The molecule has 35 heavy (non-hydrogen) atoms. The maximum absolute atomic E-state index is 13.7. The minimum Gasteiger partial charge on any atom is -0.356 e. The van der Waals surface area contributed by atoms with Crippen LogP contribution in [0.15, 0.2) is 61.1 Å². The average molecular weight is 471 g/mol. The van der Waals surface area contributed by atoms with E-state index < -0.39 is 5.41 Å². The molecular formula is C27H27FN6O. The molecule has 2 aromatic carbocycles. The molecule has 1 aliphatic heterocycles. The van der Waals surface area contributed by atoms with Gasteiger partial charge in [0, 0.05) is 24.7 Å². The molecule has 0 bridgehead atoms. The quantitative estimate of drug-likeness (QED) is 0.411. The highest BCUT2D eigenvalue weighted by atomic mass is 19.1. The van der Waals surface area contributed by atoms with Crippen LogP contribution in [0, 0.1) is 11.2 Å². The van der Waals surface area contributed by atoms with E-state index in [1.807, 2.05) is 12.1 Å². The van der Waals surface area contributed by atoms with Gasteiger partial charge in [0.15, 0.2) is 5.65 Å². The molecule has 2 aliphatic rings. The number of amides is 1. The Labute approximate surface area is 202 Å². The van der Waals surface area contributed by atoms with Crippen molar-refractivity contribution in [1.29, 1.82) is 0 Å². The third-order valence-corrected chi connectivity index (χ3v) is 7.56. The topological polar surface area (TPSA) is 86.8 Å². The first kappa shape index (κ1) is 21.7. The number of nitrogens with one attached hydrogen (secondary N) is 2. The van der Waals surface area contributed by atoms with Gasteiger partial charge in [-0.25, -0.2) is 14.4 Å². The lowest BCUT2D eigenvalue weighted by Crippen LogP contribution is -2.47. The van der Waals surface area contributed by atoms with E-state index in [4.69, 9.17) is 0 Å². The molecule has 1 unspecified atom stereocenters. The molecule has 0 spiro atoms. The van der Waals surface area contributed by atoms with E-state index in [2.05, 4.69) is 48.6 Å². The number of hydrogen-bond donors (Lipinski definition) is 2. The number of aromatic amines is 1. The second-order valence-electron chi connectivity index (χ2n) is 9.68. The van der Waals surface area contributed by atoms with Crippen molar-refractivity contribution >= 4 is 28.4 Å². The van der Waals surface area contributed by atoms with Gasteiger partial charge < -0.3 is 10.2 Å². The van der Waals surface area contributed by atoms with Crippen molar-refractivity contribution in [3.63, 3.8) is 0 Å². The highest BCUT2D eigenvalue weighted by Crippen LogP contribution is 2.45. The molecule has 1 fully saturated rings. The summed E-state index contributed by atoms with van der Waals surface area (Å²) in [5, 5.41) is 11.1. The van der Waals surface area contributed by atoms with Gasteiger partial charge in [-0.1, -0.05) is 36.8 Å². The second kappa shape index (κ2) is 8.76. The molecule has 2 N–H and O–H groups in total. The van der Waals surface area contributed by atoms with Gasteiger partial charge >= 0.3 is 0 Å². The van der Waals surface area contributed by atoms with Crippen LogP contribution in [0.1, 0.15) is 42.7 Å². The molecule has 1 aliphatic carbocycles. The van der Waals surface area contributed by atoms with E-state index in [-0.39, 0.29) is 17.6 Å². The lowest BCUT2D eigenvalue weighted by atomic mass is 9.64. The van der Waals surface area contributed by atoms with Gasteiger partial charge in [-0.2, -0.15) is 5.10 Å². The van der Waals surface area contributed by atoms with E-state index in [0.29, 0.717) is 18.6 Å². The lowest BCUT2D eigenvalue weighted by molar-refractivity contribution is -0.135. The van der Waals surface area contributed by atoms with Crippen LogP contribution >= 0.6 is 0 Å². The fourth-order valence-corrected chi connectivity index (χ4v) is 5.58. The molecule has 1 amide bonds. The molecule has 178 valence electrons. The average Bonchev–Trinajstić information content (AvgIpc) is 3.46. The normalized spacial score (nSPS) is 18.3. The summed E-state index contributed by atoms with van der Waals surface area (Å²) in [5.41, 5.74) is 3.57. The molecule has 4 aromatic rings. The van der Waals surface area contributed by atoms with E-state index in [1.54, 1.807) is 24.7 Å². The van der Waals surface area contributed by atoms with Crippen molar-refractivity contribution in [3.05, 3.63) is 78.0 Å². The Kier molecular flexibility index (Phi) is 5.43. The number of hydrogen-bond acceptors (Lipinski definition) is 5. The van der Waals surface area contributed by atoms with Gasteiger partial charge in [-0.05, 0) is 55.0 Å². The third kappa shape index (κ3) is 3.92. The summed E-state index contributed by atoms with van der Waals surface area (Å²) >= 11 is 0. The third-order valence-electron chi connectivity index (χ3n) is 7.56. The second-order valence-corrected chi connectivity index (χ2v) is 9.68. The van der Waals surface area contributed by atoms with Crippen molar-refractivity contribution in [2.75, 3.05) is 18.0 Å². The number of carbonyl (C=O) groups excluding carboxylic acids is 1. The van der Waals surface area contributed by atoms with E-state index in [9.17, 15) is 9.18 Å². The first-order chi connectivity index (χ1) is 17.1. The number of anilines is 2. The van der Waals surface area contributed by atoms with Crippen LogP contribution in [-0.2, 0) is 11.2 Å². The molecule has 0 saturated heterocycles. The van der Waals surface area contributed by atoms with Crippen molar-refractivity contribution in [1.82, 2.24) is 25.5 Å². The molecular weight excluding hydrogens is 443 g/mol. The molecule has 3 heterocycles. The number of aromatic nitrogens is 4. The van der Waals surface area contributed by atoms with Gasteiger partial charge in [0.25, 0.3) is 0 Å². The molecule has 6 rings (SSSR count). The number of rotatable bonds is 7. The minimum atomic E-state index is -0.415. The maximum atomic E-state index is 13.7. The molecule has 7 nitrogen and oxygen atoms in total. The summed E-state index contributed by atoms with van der Waals surface area (Å²) in [4.78, 5) is 24.3. The number of benzene rings is 2. The Morgan fingerprint density at radius 2 is 2.06 bits per heavy atom. The van der Waals surface area contributed by atoms with Crippen LogP contribution in [0.4, 0.5) is 15.9 Å². The lowest BCUT2D eigenvalue weighted by Gasteiger charge is -2.40. The van der Waals surface area contributed by atoms with Crippen molar-refractivity contribution in [2.24, 2.45) is 5.41 Å². The zero-order valence-electron chi connectivity index (χ0n) is 19.4. The predicted octanol–water partition coefficient (Wildman–Crippen LogP) is 4.65.